The summed E-state index contributed by atoms with van der Waals surface area (Å²) in [4.78, 5) is 0. The third-order valence-electron chi connectivity index (χ3n) is 2.55. The Morgan fingerprint density at radius 1 is 1.35 bits per heavy atom. The molecule has 2 rings (SSSR count). The average molecular weight is 296 g/mol. The van der Waals surface area contributed by atoms with Crippen molar-refractivity contribution in [3.63, 3.8) is 0 Å². The van der Waals surface area contributed by atoms with E-state index in [1.54, 1.807) is 18.4 Å². The molecule has 1 heterocycles. The van der Waals surface area contributed by atoms with Crippen molar-refractivity contribution in [2.75, 3.05) is 11.9 Å². The van der Waals surface area contributed by atoms with Gasteiger partial charge >= 0.3 is 0 Å². The first kappa shape index (κ1) is 12.2. The molecule has 17 heavy (non-hydrogen) atoms. The number of halogens is 1. The number of benzene rings is 1. The fourth-order valence-corrected chi connectivity index (χ4v) is 1.98. The van der Waals surface area contributed by atoms with Crippen LogP contribution in [0, 0.1) is 6.92 Å². The van der Waals surface area contributed by atoms with Gasteiger partial charge in [-0.15, -0.1) is 0 Å². The largest absolute Gasteiger partial charge is 0.467 e. The lowest BCUT2D eigenvalue weighted by atomic mass is 10.2. The summed E-state index contributed by atoms with van der Waals surface area (Å²) in [6, 6.07) is 9.49. The third-order valence-corrected chi connectivity index (χ3v) is 3.60. The Morgan fingerprint density at radius 3 is 2.88 bits per heavy atom. The first-order valence-corrected chi connectivity index (χ1v) is 6.18. The van der Waals surface area contributed by atoms with Crippen LogP contribution < -0.4 is 5.32 Å². The van der Waals surface area contributed by atoms with Gasteiger partial charge in [0.25, 0.3) is 0 Å². The van der Waals surface area contributed by atoms with Crippen molar-refractivity contribution >= 4 is 21.6 Å². The van der Waals surface area contributed by atoms with Crippen molar-refractivity contribution in [1.82, 2.24) is 0 Å². The molecule has 0 fully saturated rings. The van der Waals surface area contributed by atoms with Crippen molar-refractivity contribution in [3.8, 4) is 0 Å². The van der Waals surface area contributed by atoms with E-state index in [0.29, 0.717) is 12.3 Å². The number of hydrogen-bond acceptors (Lipinski definition) is 3. The van der Waals surface area contributed by atoms with Crippen LogP contribution in [-0.4, -0.2) is 11.7 Å². The minimum absolute atomic E-state index is 0.412. The maximum Gasteiger partial charge on any atom is 0.134 e. The Labute approximate surface area is 109 Å². The highest BCUT2D eigenvalue weighted by molar-refractivity contribution is 9.10. The van der Waals surface area contributed by atoms with Crippen LogP contribution in [0.3, 0.4) is 0 Å². The number of rotatable bonds is 4. The van der Waals surface area contributed by atoms with Gasteiger partial charge in [-0.05, 0) is 46.6 Å². The van der Waals surface area contributed by atoms with E-state index in [1.165, 1.54) is 0 Å². The predicted octanol–water partition coefficient (Wildman–Crippen LogP) is 3.50. The molecule has 0 radical (unpaired) electrons. The Morgan fingerprint density at radius 2 is 2.18 bits per heavy atom. The summed E-state index contributed by atoms with van der Waals surface area (Å²) in [5, 5.41) is 13.0. The molecule has 3 nitrogen and oxygen atoms in total. The summed E-state index contributed by atoms with van der Waals surface area (Å²) >= 11 is 3.51. The van der Waals surface area contributed by atoms with Crippen molar-refractivity contribution in [2.45, 2.75) is 13.0 Å². The maximum atomic E-state index is 9.86. The fraction of sp³-hybridized carbons (Fsp3) is 0.231. The van der Waals surface area contributed by atoms with Gasteiger partial charge in [0.05, 0.1) is 6.26 Å². The smallest absolute Gasteiger partial charge is 0.134 e. The van der Waals surface area contributed by atoms with Crippen LogP contribution in [0.1, 0.15) is 17.4 Å². The molecule has 1 unspecified atom stereocenters. The molecule has 0 spiro atoms. The highest BCUT2D eigenvalue weighted by Crippen LogP contribution is 2.26. The van der Waals surface area contributed by atoms with E-state index >= 15 is 0 Å². The van der Waals surface area contributed by atoms with Gasteiger partial charge in [-0.1, -0.05) is 12.1 Å². The lowest BCUT2D eigenvalue weighted by Crippen LogP contribution is -2.11. The van der Waals surface area contributed by atoms with Crippen LogP contribution in [-0.2, 0) is 0 Å². The first-order chi connectivity index (χ1) is 8.18. The summed E-state index contributed by atoms with van der Waals surface area (Å²) in [6.45, 7) is 2.44. The summed E-state index contributed by atoms with van der Waals surface area (Å²) in [7, 11) is 0. The predicted molar refractivity (Wildman–Crippen MR) is 71.0 cm³/mol. The molecular formula is C13H14BrNO2. The highest BCUT2D eigenvalue weighted by Gasteiger charge is 2.10. The number of hydrogen-bond donors (Lipinski definition) is 2. The van der Waals surface area contributed by atoms with Gasteiger partial charge in [0.15, 0.2) is 0 Å². The molecule has 2 N–H and O–H groups in total. The molecule has 0 amide bonds. The molecule has 1 atom stereocenters. The Balaban J connectivity index is 2.00. The molecule has 90 valence electrons. The molecule has 0 aliphatic carbocycles. The van der Waals surface area contributed by atoms with E-state index in [9.17, 15) is 5.11 Å². The minimum atomic E-state index is -0.641. The first-order valence-electron chi connectivity index (χ1n) is 5.39. The Bertz CT molecular complexity index is 482. The minimum Gasteiger partial charge on any atom is -0.467 e. The molecule has 0 saturated heterocycles. The normalized spacial score (nSPS) is 12.4. The van der Waals surface area contributed by atoms with Crippen LogP contribution in [0.25, 0.3) is 0 Å². The number of furan rings is 1. The zero-order valence-corrected chi connectivity index (χ0v) is 11.1. The standard InChI is InChI=1S/C13H14BrNO2/c1-9-4-2-5-10(13(9)14)15-8-11(16)12-6-3-7-17-12/h2-7,11,15-16H,8H2,1H3. The van der Waals surface area contributed by atoms with Gasteiger partial charge < -0.3 is 14.8 Å². The molecule has 2 aromatic rings. The van der Waals surface area contributed by atoms with Crippen LogP contribution >= 0.6 is 15.9 Å². The van der Waals surface area contributed by atoms with Crippen LogP contribution in [0.4, 0.5) is 5.69 Å². The van der Waals surface area contributed by atoms with E-state index in [4.69, 9.17) is 4.42 Å². The van der Waals surface area contributed by atoms with Crippen molar-refractivity contribution in [3.05, 3.63) is 52.4 Å². The van der Waals surface area contributed by atoms with E-state index in [0.717, 1.165) is 15.7 Å². The second-order valence-corrected chi connectivity index (χ2v) is 4.64. The molecule has 4 heteroatoms. The summed E-state index contributed by atoms with van der Waals surface area (Å²) in [6.07, 6.45) is 0.915. The molecule has 0 saturated carbocycles. The Hall–Kier alpha value is -1.26. The van der Waals surface area contributed by atoms with E-state index in [-0.39, 0.29) is 0 Å². The summed E-state index contributed by atoms with van der Waals surface area (Å²) in [5.41, 5.74) is 2.12. The van der Waals surface area contributed by atoms with Crippen LogP contribution in [0.5, 0.6) is 0 Å². The topological polar surface area (TPSA) is 45.4 Å². The van der Waals surface area contributed by atoms with E-state index < -0.39 is 6.10 Å². The zero-order valence-electron chi connectivity index (χ0n) is 9.48. The summed E-state index contributed by atoms with van der Waals surface area (Å²) in [5.74, 6) is 0.571. The molecule has 1 aromatic heterocycles. The monoisotopic (exact) mass is 295 g/mol. The van der Waals surface area contributed by atoms with Gasteiger partial charge in [-0.25, -0.2) is 0 Å². The van der Waals surface area contributed by atoms with E-state index in [2.05, 4.69) is 21.2 Å². The van der Waals surface area contributed by atoms with Crippen LogP contribution in [0.2, 0.25) is 0 Å². The van der Waals surface area contributed by atoms with Gasteiger partial charge in [0.2, 0.25) is 0 Å². The molecule has 1 aromatic carbocycles. The quantitative estimate of drug-likeness (QED) is 0.907. The lowest BCUT2D eigenvalue weighted by molar-refractivity contribution is 0.162. The SMILES string of the molecule is Cc1cccc(NCC(O)c2ccco2)c1Br. The number of aliphatic hydroxyl groups is 1. The van der Waals surface area contributed by atoms with Gasteiger partial charge in [-0.2, -0.15) is 0 Å². The van der Waals surface area contributed by atoms with Crippen molar-refractivity contribution in [1.29, 1.82) is 0 Å². The highest BCUT2D eigenvalue weighted by atomic mass is 79.9. The lowest BCUT2D eigenvalue weighted by Gasteiger charge is -2.13. The van der Waals surface area contributed by atoms with Crippen LogP contribution in [0.15, 0.2) is 45.5 Å². The molecule has 0 bridgehead atoms. The fourth-order valence-electron chi connectivity index (χ4n) is 1.57. The number of aliphatic hydroxyl groups excluding tert-OH is 1. The van der Waals surface area contributed by atoms with Crippen molar-refractivity contribution < 1.29 is 9.52 Å². The summed E-state index contributed by atoms with van der Waals surface area (Å²) < 4.78 is 6.16. The number of aryl methyl sites for hydroxylation is 1. The molecular weight excluding hydrogens is 282 g/mol. The second kappa shape index (κ2) is 5.38. The molecule has 0 aliphatic heterocycles. The number of anilines is 1. The van der Waals surface area contributed by atoms with E-state index in [1.807, 2.05) is 25.1 Å². The molecule has 0 aliphatic rings. The zero-order chi connectivity index (χ0) is 12.3. The Kier molecular flexibility index (Phi) is 3.86. The van der Waals surface area contributed by atoms with Gasteiger partial charge in [0.1, 0.15) is 11.9 Å². The van der Waals surface area contributed by atoms with Gasteiger partial charge in [-0.3, -0.25) is 0 Å². The second-order valence-electron chi connectivity index (χ2n) is 3.85. The van der Waals surface area contributed by atoms with Gasteiger partial charge in [0, 0.05) is 16.7 Å². The number of nitrogens with one attached hydrogen (secondary N) is 1. The third kappa shape index (κ3) is 2.90. The maximum absolute atomic E-state index is 9.86. The average Bonchev–Trinajstić information content (AvgIpc) is 2.84. The van der Waals surface area contributed by atoms with Crippen molar-refractivity contribution in [2.24, 2.45) is 0 Å².